The number of rotatable bonds is 1. The van der Waals surface area contributed by atoms with Gasteiger partial charge in [0.05, 0.1) is 0 Å². The van der Waals surface area contributed by atoms with Crippen LogP contribution in [0.3, 0.4) is 0 Å². The molecule has 0 atom stereocenters. The molecule has 76 valence electrons. The third kappa shape index (κ3) is 36900. The smallest absolute Gasteiger partial charge is 0.106 e. The van der Waals surface area contributed by atoms with Crippen LogP contribution < -0.4 is 0 Å². The van der Waals surface area contributed by atoms with Crippen LogP contribution in [-0.2, 0) is 40.2 Å². The van der Waals surface area contributed by atoms with Crippen molar-refractivity contribution >= 4 is 27.2 Å². The van der Waals surface area contributed by atoms with Gasteiger partial charge in [0, 0.05) is 21.1 Å². The number of hydrogen-bond acceptors (Lipinski definition) is 4. The molecule has 13 heavy (non-hydrogen) atoms. The van der Waals surface area contributed by atoms with Crippen molar-refractivity contribution in [2.45, 2.75) is 0 Å². The van der Waals surface area contributed by atoms with Crippen LogP contribution in [0.25, 0.3) is 0 Å². The molecule has 0 spiro atoms. The van der Waals surface area contributed by atoms with E-state index >= 15 is 0 Å². The summed E-state index contributed by atoms with van der Waals surface area (Å²) in [7, 11) is 0. The molecule has 0 rings (SSSR count). The van der Waals surface area contributed by atoms with E-state index in [9.17, 15) is 0 Å². The average Bonchev–Trinajstić information content (AvgIpc) is 2.29. The van der Waals surface area contributed by atoms with Gasteiger partial charge in [-0.25, -0.2) is 0 Å². The van der Waals surface area contributed by atoms with E-state index in [2.05, 4.69) is 13.2 Å². The Morgan fingerprint density at radius 2 is 0.615 bits per heavy atom. The van der Waals surface area contributed by atoms with Crippen molar-refractivity contribution in [2.75, 3.05) is 0 Å². The van der Waals surface area contributed by atoms with E-state index in [0.717, 1.165) is 0 Å². The SMILES string of the molecule is C=CC=C.C=O.C=O.C=O.C=O.[Mo]. The van der Waals surface area contributed by atoms with Crippen molar-refractivity contribution in [1.29, 1.82) is 0 Å². The van der Waals surface area contributed by atoms with Gasteiger partial charge in [-0.1, -0.05) is 25.3 Å². The Kier molecular flexibility index (Phi) is 4590. The molecule has 0 aromatic rings. The molecule has 0 aliphatic rings. The van der Waals surface area contributed by atoms with Crippen LogP contribution in [0.15, 0.2) is 25.3 Å². The molecule has 0 fully saturated rings. The number of hydrogen-bond donors (Lipinski definition) is 0. The first-order chi connectivity index (χ1) is 5.91. The summed E-state index contributed by atoms with van der Waals surface area (Å²) in [6.07, 6.45) is 3.28. The summed E-state index contributed by atoms with van der Waals surface area (Å²) in [6.45, 7) is 14.7. The van der Waals surface area contributed by atoms with Crippen LogP contribution in [0.1, 0.15) is 0 Å². The van der Waals surface area contributed by atoms with Crippen molar-refractivity contribution < 1.29 is 40.2 Å². The molecule has 0 aromatic carbocycles. The van der Waals surface area contributed by atoms with E-state index in [4.69, 9.17) is 19.2 Å². The van der Waals surface area contributed by atoms with Gasteiger partial charge in [0.25, 0.3) is 0 Å². The van der Waals surface area contributed by atoms with Crippen LogP contribution in [0.4, 0.5) is 0 Å². The fraction of sp³-hybridized carbons (Fsp3) is 0. The van der Waals surface area contributed by atoms with Crippen molar-refractivity contribution in [3.05, 3.63) is 25.3 Å². The van der Waals surface area contributed by atoms with E-state index in [1.165, 1.54) is 0 Å². The fourth-order valence-corrected chi connectivity index (χ4v) is 0. The molecule has 0 unspecified atom stereocenters. The quantitative estimate of drug-likeness (QED) is 0.517. The number of allylic oxidation sites excluding steroid dienone is 2. The molecule has 5 heteroatoms. The van der Waals surface area contributed by atoms with E-state index < -0.39 is 0 Å². The van der Waals surface area contributed by atoms with Crippen LogP contribution in [0.2, 0.25) is 0 Å². The maximum atomic E-state index is 8.00. The summed E-state index contributed by atoms with van der Waals surface area (Å²) in [5.41, 5.74) is 0. The van der Waals surface area contributed by atoms with Crippen molar-refractivity contribution in [1.82, 2.24) is 0 Å². The van der Waals surface area contributed by atoms with Crippen LogP contribution >= 0.6 is 0 Å². The molecule has 0 aliphatic carbocycles. The molecule has 4 nitrogen and oxygen atoms in total. The Hall–Kier alpha value is -1.15. The Morgan fingerprint density at radius 3 is 0.615 bits per heavy atom. The van der Waals surface area contributed by atoms with Gasteiger partial charge in [0.2, 0.25) is 0 Å². The van der Waals surface area contributed by atoms with Crippen LogP contribution in [-0.4, -0.2) is 27.2 Å². The van der Waals surface area contributed by atoms with Crippen LogP contribution in [0, 0.1) is 0 Å². The molecule has 0 saturated carbocycles. The number of carbonyl (C=O) groups excluding carboxylic acids is 4. The molecule has 0 heterocycles. The number of carbonyl (C=O) groups is 4. The van der Waals surface area contributed by atoms with E-state index in [1.807, 2.05) is 27.2 Å². The maximum absolute atomic E-state index is 8.00. The Labute approximate surface area is 93.0 Å². The zero-order valence-electron chi connectivity index (χ0n) is 7.44. The second kappa shape index (κ2) is 1460. The topological polar surface area (TPSA) is 68.3 Å². The predicted octanol–water partition coefficient (Wildman–Crippen LogP) is 0.616. The van der Waals surface area contributed by atoms with Gasteiger partial charge in [0.15, 0.2) is 0 Å². The van der Waals surface area contributed by atoms with Crippen molar-refractivity contribution in [3.8, 4) is 0 Å². The van der Waals surface area contributed by atoms with E-state index in [-0.39, 0.29) is 21.1 Å². The largest absolute Gasteiger partial charge is 0.307 e. The average molecular weight is 270 g/mol. The fourth-order valence-electron chi connectivity index (χ4n) is 0. The van der Waals surface area contributed by atoms with Gasteiger partial charge >= 0.3 is 0 Å². The summed E-state index contributed by atoms with van der Waals surface area (Å²) < 4.78 is 0. The molecule has 0 radical (unpaired) electrons. The van der Waals surface area contributed by atoms with Gasteiger partial charge in [-0.3, -0.25) is 0 Å². The summed E-state index contributed by atoms with van der Waals surface area (Å²) in [6, 6.07) is 0. The first kappa shape index (κ1) is 40.8. The molecular weight excluding hydrogens is 256 g/mol. The standard InChI is InChI=1S/C4H6.4CH2O.Mo/c1-3-4-2;4*1-2;/h3-4H,1-2H2;4*1H2;. The van der Waals surface area contributed by atoms with Crippen molar-refractivity contribution in [3.63, 3.8) is 0 Å². The summed E-state index contributed by atoms with van der Waals surface area (Å²) >= 11 is 0. The van der Waals surface area contributed by atoms with Gasteiger partial charge < -0.3 is 19.2 Å². The summed E-state index contributed by atoms with van der Waals surface area (Å²) in [5, 5.41) is 0. The third-order valence-electron chi connectivity index (χ3n) is 0.167. The molecule has 0 aromatic heterocycles. The minimum Gasteiger partial charge on any atom is -0.307 e. The zero-order chi connectivity index (χ0) is 11.4. The molecule has 0 bridgehead atoms. The summed E-state index contributed by atoms with van der Waals surface area (Å²) in [4.78, 5) is 32.0. The first-order valence-corrected chi connectivity index (χ1v) is 2.30. The molecule has 0 amide bonds. The minimum atomic E-state index is 0. The van der Waals surface area contributed by atoms with E-state index in [0.29, 0.717) is 0 Å². The second-order valence-corrected chi connectivity index (χ2v) is 0.471. The predicted molar refractivity (Wildman–Crippen MR) is 48.9 cm³/mol. The molecule has 0 N–H and O–H groups in total. The minimum absolute atomic E-state index is 0. The molecule has 0 aliphatic heterocycles. The van der Waals surface area contributed by atoms with Crippen molar-refractivity contribution in [2.24, 2.45) is 0 Å². The Morgan fingerprint density at radius 1 is 0.538 bits per heavy atom. The molecular formula is C8H14MoO4. The zero-order valence-corrected chi connectivity index (χ0v) is 9.45. The maximum Gasteiger partial charge on any atom is 0.106 e. The van der Waals surface area contributed by atoms with Gasteiger partial charge in [-0.05, 0) is 0 Å². The normalized spacial score (nSPS) is 2.77. The first-order valence-electron chi connectivity index (χ1n) is 2.30. The van der Waals surface area contributed by atoms with Crippen LogP contribution in [0.5, 0.6) is 0 Å². The van der Waals surface area contributed by atoms with E-state index in [1.54, 1.807) is 12.2 Å². The molecule has 0 saturated heterocycles. The summed E-state index contributed by atoms with van der Waals surface area (Å²) in [5.74, 6) is 0. The van der Waals surface area contributed by atoms with Gasteiger partial charge in [-0.2, -0.15) is 0 Å². The van der Waals surface area contributed by atoms with Gasteiger partial charge in [-0.15, -0.1) is 0 Å². The third-order valence-corrected chi connectivity index (χ3v) is 0.167. The monoisotopic (exact) mass is 272 g/mol. The Balaban J connectivity index is -0.0000000122. The second-order valence-electron chi connectivity index (χ2n) is 0.471. The Bertz CT molecular complexity index is 64.5. The van der Waals surface area contributed by atoms with Gasteiger partial charge in [0.1, 0.15) is 27.2 Å².